The second-order valence-electron chi connectivity index (χ2n) is 3.74. The molecular weight excluding hydrogens is 284 g/mol. The zero-order chi connectivity index (χ0) is 12.7. The lowest BCUT2D eigenvalue weighted by Gasteiger charge is -2.01. The van der Waals surface area contributed by atoms with E-state index in [1.54, 1.807) is 0 Å². The Kier molecular flexibility index (Phi) is 5.91. The number of ether oxygens (including phenoxy) is 1. The van der Waals surface area contributed by atoms with Crippen LogP contribution in [0.1, 0.15) is 24.8 Å². The fourth-order valence-electron chi connectivity index (χ4n) is 1.40. The number of methoxy groups -OCH3 is 1. The van der Waals surface area contributed by atoms with Gasteiger partial charge < -0.3 is 4.74 Å². The molecule has 0 aromatic heterocycles. The molecule has 4 heteroatoms. The first-order chi connectivity index (χ1) is 8.11. The number of hydrogen-bond donors (Lipinski definition) is 0. The molecule has 3 nitrogen and oxygen atoms in total. The van der Waals surface area contributed by atoms with Crippen LogP contribution in [0.3, 0.4) is 0 Å². The molecular formula is C13H15BrO3. The van der Waals surface area contributed by atoms with Crippen molar-refractivity contribution in [1.29, 1.82) is 0 Å². The number of hydrogen-bond acceptors (Lipinski definition) is 3. The van der Waals surface area contributed by atoms with Crippen molar-refractivity contribution in [3.05, 3.63) is 34.3 Å². The van der Waals surface area contributed by atoms with Gasteiger partial charge in [-0.3, -0.25) is 9.59 Å². The van der Waals surface area contributed by atoms with Gasteiger partial charge in [0.15, 0.2) is 0 Å². The van der Waals surface area contributed by atoms with E-state index in [2.05, 4.69) is 20.7 Å². The van der Waals surface area contributed by atoms with Gasteiger partial charge in [-0.05, 0) is 24.1 Å². The van der Waals surface area contributed by atoms with E-state index in [0.29, 0.717) is 12.8 Å². The zero-order valence-corrected chi connectivity index (χ0v) is 11.3. The summed E-state index contributed by atoms with van der Waals surface area (Å²) < 4.78 is 5.51. The van der Waals surface area contributed by atoms with Crippen LogP contribution in [0.15, 0.2) is 28.7 Å². The number of aryl methyl sites for hydroxylation is 1. The molecule has 0 saturated heterocycles. The molecule has 0 spiro atoms. The van der Waals surface area contributed by atoms with E-state index in [1.165, 1.54) is 7.11 Å². The molecule has 0 heterocycles. The third-order valence-electron chi connectivity index (χ3n) is 2.44. The van der Waals surface area contributed by atoms with Crippen LogP contribution in [0.5, 0.6) is 0 Å². The highest BCUT2D eigenvalue weighted by molar-refractivity contribution is 9.10. The van der Waals surface area contributed by atoms with E-state index in [4.69, 9.17) is 0 Å². The topological polar surface area (TPSA) is 43.4 Å². The molecule has 0 radical (unpaired) electrons. The van der Waals surface area contributed by atoms with Gasteiger partial charge in [-0.1, -0.05) is 28.1 Å². The number of halogens is 1. The quantitative estimate of drug-likeness (QED) is 0.759. The fraction of sp³-hybridized carbons (Fsp3) is 0.385. The molecule has 92 valence electrons. The lowest BCUT2D eigenvalue weighted by Crippen LogP contribution is -2.06. The normalized spacial score (nSPS) is 10.0. The Hall–Kier alpha value is -1.16. The number of rotatable bonds is 6. The molecule has 0 bridgehead atoms. The molecule has 0 unspecified atom stereocenters. The Morgan fingerprint density at radius 2 is 1.76 bits per heavy atom. The second-order valence-corrected chi connectivity index (χ2v) is 4.66. The minimum atomic E-state index is -0.331. The van der Waals surface area contributed by atoms with Gasteiger partial charge in [0.1, 0.15) is 5.78 Å². The van der Waals surface area contributed by atoms with E-state index in [-0.39, 0.29) is 24.6 Å². The Labute approximate surface area is 109 Å². The Bertz CT molecular complexity index is 384. The van der Waals surface area contributed by atoms with Gasteiger partial charge in [-0.25, -0.2) is 0 Å². The van der Waals surface area contributed by atoms with Gasteiger partial charge in [0.25, 0.3) is 0 Å². The summed E-state index contributed by atoms with van der Waals surface area (Å²) >= 11 is 3.36. The molecule has 0 aliphatic heterocycles. The first-order valence-electron chi connectivity index (χ1n) is 5.45. The smallest absolute Gasteiger partial charge is 0.305 e. The first-order valence-corrected chi connectivity index (χ1v) is 6.24. The molecule has 0 fully saturated rings. The van der Waals surface area contributed by atoms with Crippen molar-refractivity contribution in [2.45, 2.75) is 25.7 Å². The van der Waals surface area contributed by atoms with Crippen molar-refractivity contribution in [2.24, 2.45) is 0 Å². The largest absolute Gasteiger partial charge is 0.469 e. The second kappa shape index (κ2) is 7.22. The molecule has 0 saturated carbocycles. The lowest BCUT2D eigenvalue weighted by molar-refractivity contribution is -0.141. The molecule has 0 N–H and O–H groups in total. The summed E-state index contributed by atoms with van der Waals surface area (Å²) in [6.45, 7) is 0. The highest BCUT2D eigenvalue weighted by Crippen LogP contribution is 2.12. The molecule has 0 atom stereocenters. The zero-order valence-electron chi connectivity index (χ0n) is 9.74. The van der Waals surface area contributed by atoms with Crippen molar-refractivity contribution in [3.63, 3.8) is 0 Å². The van der Waals surface area contributed by atoms with Crippen molar-refractivity contribution in [2.75, 3.05) is 7.11 Å². The number of ketones is 1. The number of carbonyl (C=O) groups is 2. The van der Waals surface area contributed by atoms with Gasteiger partial charge in [0.2, 0.25) is 0 Å². The molecule has 1 aromatic rings. The number of carbonyl (C=O) groups excluding carboxylic acids is 2. The molecule has 0 aliphatic rings. The fourth-order valence-corrected chi connectivity index (χ4v) is 1.67. The SMILES string of the molecule is COC(=O)CCC(=O)CCc1ccc(Br)cc1. The molecule has 0 aliphatic carbocycles. The Morgan fingerprint density at radius 3 is 2.35 bits per heavy atom. The highest BCUT2D eigenvalue weighted by Gasteiger charge is 2.07. The standard InChI is InChI=1S/C13H15BrO3/c1-17-13(16)9-8-12(15)7-4-10-2-5-11(14)6-3-10/h2-3,5-6H,4,7-9H2,1H3. The molecule has 1 aromatic carbocycles. The van der Waals surface area contributed by atoms with Crippen LogP contribution in [0.2, 0.25) is 0 Å². The monoisotopic (exact) mass is 298 g/mol. The number of benzene rings is 1. The van der Waals surface area contributed by atoms with Gasteiger partial charge in [0.05, 0.1) is 13.5 Å². The van der Waals surface area contributed by atoms with E-state index in [1.807, 2.05) is 24.3 Å². The van der Waals surface area contributed by atoms with Crippen LogP contribution in [-0.2, 0) is 20.7 Å². The summed E-state index contributed by atoms with van der Waals surface area (Å²) in [4.78, 5) is 22.3. The van der Waals surface area contributed by atoms with E-state index < -0.39 is 0 Å². The first kappa shape index (κ1) is 13.9. The molecule has 0 amide bonds. The van der Waals surface area contributed by atoms with Crippen LogP contribution in [0.4, 0.5) is 0 Å². The highest BCUT2D eigenvalue weighted by atomic mass is 79.9. The minimum Gasteiger partial charge on any atom is -0.469 e. The van der Waals surface area contributed by atoms with Crippen LogP contribution >= 0.6 is 15.9 Å². The lowest BCUT2D eigenvalue weighted by atomic mass is 10.1. The maximum atomic E-state index is 11.5. The summed E-state index contributed by atoms with van der Waals surface area (Å²) in [6, 6.07) is 7.87. The number of Topliss-reactive ketones (excluding diaryl/α,β-unsaturated/α-hetero) is 1. The van der Waals surface area contributed by atoms with E-state index in [9.17, 15) is 9.59 Å². The minimum absolute atomic E-state index is 0.0957. The van der Waals surface area contributed by atoms with Crippen molar-refractivity contribution >= 4 is 27.7 Å². The summed E-state index contributed by atoms with van der Waals surface area (Å²) in [6.07, 6.45) is 1.63. The van der Waals surface area contributed by atoms with Crippen LogP contribution in [0.25, 0.3) is 0 Å². The summed E-state index contributed by atoms with van der Waals surface area (Å²) in [5, 5.41) is 0. The predicted molar refractivity (Wildman–Crippen MR) is 68.7 cm³/mol. The molecule has 17 heavy (non-hydrogen) atoms. The Morgan fingerprint density at radius 1 is 1.12 bits per heavy atom. The van der Waals surface area contributed by atoms with Crippen molar-refractivity contribution in [1.82, 2.24) is 0 Å². The average molecular weight is 299 g/mol. The van der Waals surface area contributed by atoms with Crippen molar-refractivity contribution < 1.29 is 14.3 Å². The van der Waals surface area contributed by atoms with Crippen LogP contribution in [0, 0.1) is 0 Å². The van der Waals surface area contributed by atoms with Gasteiger partial charge in [0, 0.05) is 17.3 Å². The third-order valence-corrected chi connectivity index (χ3v) is 2.97. The molecule has 1 rings (SSSR count). The maximum Gasteiger partial charge on any atom is 0.305 e. The van der Waals surface area contributed by atoms with Gasteiger partial charge in [-0.2, -0.15) is 0 Å². The van der Waals surface area contributed by atoms with Gasteiger partial charge in [-0.15, -0.1) is 0 Å². The average Bonchev–Trinajstić information content (AvgIpc) is 2.35. The predicted octanol–water partition coefficient (Wildman–Crippen LogP) is 2.90. The number of esters is 1. The van der Waals surface area contributed by atoms with Crippen LogP contribution in [-0.4, -0.2) is 18.9 Å². The van der Waals surface area contributed by atoms with E-state index >= 15 is 0 Å². The summed E-state index contributed by atoms with van der Waals surface area (Å²) in [7, 11) is 1.33. The third kappa shape index (κ3) is 5.63. The van der Waals surface area contributed by atoms with Crippen molar-refractivity contribution in [3.8, 4) is 0 Å². The maximum absolute atomic E-state index is 11.5. The van der Waals surface area contributed by atoms with Crippen LogP contribution < -0.4 is 0 Å². The summed E-state index contributed by atoms with van der Waals surface area (Å²) in [5.41, 5.74) is 1.12. The van der Waals surface area contributed by atoms with E-state index in [0.717, 1.165) is 10.0 Å². The Balaban J connectivity index is 2.28. The summed E-state index contributed by atoms with van der Waals surface area (Å²) in [5.74, 6) is -0.236. The van der Waals surface area contributed by atoms with Gasteiger partial charge >= 0.3 is 5.97 Å².